The molecule has 0 radical (unpaired) electrons. The lowest BCUT2D eigenvalue weighted by molar-refractivity contribution is -0.131. The zero-order valence-electron chi connectivity index (χ0n) is 16.4. The van der Waals surface area contributed by atoms with Gasteiger partial charge < -0.3 is 30.9 Å². The normalized spacial score (nSPS) is 11.1. The highest BCUT2D eigenvalue weighted by Crippen LogP contribution is 2.27. The lowest BCUT2D eigenvalue weighted by Gasteiger charge is -2.01. The number of benzene rings is 2. The third-order valence-electron chi connectivity index (χ3n) is 4.63. The summed E-state index contributed by atoms with van der Waals surface area (Å²) in [5, 5.41) is 1.13. The number of nitrogens with two attached hydrogens (primary N) is 2. The molecule has 4 aromatic rings. The molecule has 10 nitrogen and oxygen atoms in total. The predicted molar refractivity (Wildman–Crippen MR) is 114 cm³/mol. The number of rotatable bonds is 6. The lowest BCUT2D eigenvalue weighted by atomic mass is 10.1. The highest BCUT2D eigenvalue weighted by Gasteiger charge is 2.13. The number of primary amides is 2. The fourth-order valence-corrected chi connectivity index (χ4v) is 3.10. The Bertz CT molecular complexity index is 1320. The minimum absolute atomic E-state index is 0.223. The molecule has 0 saturated heterocycles. The second kappa shape index (κ2) is 8.11. The highest BCUT2D eigenvalue weighted by atomic mass is 16.5. The highest BCUT2D eigenvalue weighted by molar-refractivity contribution is 6.01. The van der Waals surface area contributed by atoms with Crippen LogP contribution in [0.2, 0.25) is 0 Å². The van der Waals surface area contributed by atoms with Crippen molar-refractivity contribution in [1.29, 1.82) is 0 Å². The van der Waals surface area contributed by atoms with Crippen molar-refractivity contribution < 1.29 is 28.7 Å². The number of hydrogen-bond acceptors (Lipinski definition) is 6. The van der Waals surface area contributed by atoms with Crippen LogP contribution in [0.4, 0.5) is 0 Å². The maximum absolute atomic E-state index is 12.1. The standard InChI is InChI=1S/C22H16N4O6/c23-21(29)11-1-3-13-15(7-11)25-9-17(13)31-19(27)5-6-20(28)32-18-10-26-16-8-12(22(24)30)2-4-14(16)18/h1-10,25-26H,(H2,23,29)(H2,24,30)/b6-5-. The number of ether oxygens (including phenoxy) is 2. The van der Waals surface area contributed by atoms with Crippen molar-refractivity contribution in [3.05, 3.63) is 72.1 Å². The van der Waals surface area contributed by atoms with Gasteiger partial charge in [0, 0.05) is 46.4 Å². The Labute approximate surface area is 179 Å². The number of hydrogen-bond donors (Lipinski definition) is 4. The van der Waals surface area contributed by atoms with Gasteiger partial charge in [0.15, 0.2) is 11.5 Å². The zero-order chi connectivity index (χ0) is 22.8. The van der Waals surface area contributed by atoms with E-state index in [2.05, 4.69) is 9.97 Å². The molecule has 0 bridgehead atoms. The molecule has 0 fully saturated rings. The second-order valence-electron chi connectivity index (χ2n) is 6.73. The van der Waals surface area contributed by atoms with Crippen molar-refractivity contribution in [1.82, 2.24) is 9.97 Å². The van der Waals surface area contributed by atoms with Crippen LogP contribution in [0.3, 0.4) is 0 Å². The summed E-state index contributed by atoms with van der Waals surface area (Å²) in [6.07, 6.45) is 4.76. The van der Waals surface area contributed by atoms with Gasteiger partial charge >= 0.3 is 11.9 Å². The van der Waals surface area contributed by atoms with E-state index in [1.807, 2.05) is 0 Å². The third-order valence-corrected chi connectivity index (χ3v) is 4.63. The number of aromatic amines is 2. The van der Waals surface area contributed by atoms with Gasteiger partial charge in [-0.25, -0.2) is 9.59 Å². The molecule has 0 unspecified atom stereocenters. The average molecular weight is 432 g/mol. The minimum Gasteiger partial charge on any atom is -0.421 e. The Kier molecular flexibility index (Phi) is 5.17. The van der Waals surface area contributed by atoms with Crippen LogP contribution in [0.15, 0.2) is 60.9 Å². The van der Waals surface area contributed by atoms with Crippen LogP contribution < -0.4 is 20.9 Å². The summed E-state index contributed by atoms with van der Waals surface area (Å²) in [7, 11) is 0. The number of esters is 2. The van der Waals surface area contributed by atoms with Crippen LogP contribution in [0.25, 0.3) is 21.8 Å². The number of aromatic nitrogens is 2. The van der Waals surface area contributed by atoms with Gasteiger partial charge in [0.25, 0.3) is 0 Å². The number of amides is 2. The molecule has 2 aromatic heterocycles. The molecule has 2 heterocycles. The van der Waals surface area contributed by atoms with Gasteiger partial charge in [-0.3, -0.25) is 9.59 Å². The molecule has 4 rings (SSSR count). The fourth-order valence-electron chi connectivity index (χ4n) is 3.10. The third kappa shape index (κ3) is 4.05. The van der Waals surface area contributed by atoms with Crippen LogP contribution in [0.5, 0.6) is 11.5 Å². The Morgan fingerprint density at radius 2 is 1.09 bits per heavy atom. The monoisotopic (exact) mass is 432 g/mol. The van der Waals surface area contributed by atoms with Gasteiger partial charge in [-0.05, 0) is 36.4 Å². The fraction of sp³-hybridized carbons (Fsp3) is 0. The number of H-pyrrole nitrogens is 2. The van der Waals surface area contributed by atoms with Crippen molar-refractivity contribution in [3.63, 3.8) is 0 Å². The van der Waals surface area contributed by atoms with Crippen LogP contribution >= 0.6 is 0 Å². The molecule has 0 spiro atoms. The summed E-state index contributed by atoms with van der Waals surface area (Å²) in [6, 6.07) is 9.28. The molecule has 0 atom stereocenters. The topological polar surface area (TPSA) is 170 Å². The molecular weight excluding hydrogens is 416 g/mol. The van der Waals surface area contributed by atoms with Crippen molar-refractivity contribution in [2.45, 2.75) is 0 Å². The van der Waals surface area contributed by atoms with E-state index in [1.165, 1.54) is 36.7 Å². The van der Waals surface area contributed by atoms with Gasteiger partial charge in [-0.2, -0.15) is 0 Å². The summed E-state index contributed by atoms with van der Waals surface area (Å²) in [4.78, 5) is 52.5. The van der Waals surface area contributed by atoms with Gasteiger partial charge in [0.1, 0.15) is 0 Å². The van der Waals surface area contributed by atoms with E-state index in [4.69, 9.17) is 20.9 Å². The van der Waals surface area contributed by atoms with E-state index in [1.54, 1.807) is 12.1 Å². The van der Waals surface area contributed by atoms with Crippen molar-refractivity contribution in [2.24, 2.45) is 11.5 Å². The predicted octanol–water partition coefficient (Wildman–Crippen LogP) is 1.91. The first-order valence-electron chi connectivity index (χ1n) is 9.25. The summed E-state index contributed by atoms with van der Waals surface area (Å²) in [5.74, 6) is -2.31. The Hall–Kier alpha value is -4.86. The van der Waals surface area contributed by atoms with E-state index in [0.29, 0.717) is 32.9 Å². The first-order valence-corrected chi connectivity index (χ1v) is 9.25. The van der Waals surface area contributed by atoms with Gasteiger partial charge in [-0.1, -0.05) is 0 Å². The SMILES string of the molecule is NC(=O)c1ccc2c(OC(=O)/C=C\C(=O)Oc3c[nH]c4cc(C(N)=O)ccc34)c[nH]c2c1. The second-order valence-corrected chi connectivity index (χ2v) is 6.73. The lowest BCUT2D eigenvalue weighted by Crippen LogP contribution is -2.10. The van der Waals surface area contributed by atoms with E-state index < -0.39 is 23.8 Å². The number of fused-ring (bicyclic) bond motifs is 2. The summed E-state index contributed by atoms with van der Waals surface area (Å²) < 4.78 is 10.5. The molecule has 0 aliphatic rings. The molecule has 0 aliphatic carbocycles. The van der Waals surface area contributed by atoms with Crippen LogP contribution in [0, 0.1) is 0 Å². The van der Waals surface area contributed by atoms with Crippen molar-refractivity contribution in [2.75, 3.05) is 0 Å². The summed E-state index contributed by atoms with van der Waals surface area (Å²) in [6.45, 7) is 0. The smallest absolute Gasteiger partial charge is 0.336 e. The Balaban J connectivity index is 1.42. The van der Waals surface area contributed by atoms with Crippen LogP contribution in [-0.2, 0) is 9.59 Å². The van der Waals surface area contributed by atoms with Crippen molar-refractivity contribution >= 4 is 45.6 Å². The Morgan fingerprint density at radius 1 is 0.688 bits per heavy atom. The average Bonchev–Trinajstić information content (AvgIpc) is 3.35. The zero-order valence-corrected chi connectivity index (χ0v) is 16.4. The maximum atomic E-state index is 12.1. The van der Waals surface area contributed by atoms with E-state index in [9.17, 15) is 19.2 Å². The largest absolute Gasteiger partial charge is 0.421 e. The van der Waals surface area contributed by atoms with Gasteiger partial charge in [0.05, 0.1) is 11.0 Å². The first kappa shape index (κ1) is 20.4. The first-order chi connectivity index (χ1) is 15.3. The molecule has 2 aromatic carbocycles. The number of nitrogens with one attached hydrogen (secondary N) is 2. The summed E-state index contributed by atoms with van der Waals surface area (Å²) in [5.41, 5.74) is 12.2. The van der Waals surface area contributed by atoms with Gasteiger partial charge in [0.2, 0.25) is 11.8 Å². The molecule has 2 amide bonds. The molecule has 0 aliphatic heterocycles. The van der Waals surface area contributed by atoms with Crippen LogP contribution in [-0.4, -0.2) is 33.7 Å². The molecular formula is C22H16N4O6. The van der Waals surface area contributed by atoms with Crippen LogP contribution in [0.1, 0.15) is 20.7 Å². The summed E-state index contributed by atoms with van der Waals surface area (Å²) >= 11 is 0. The number of carbonyl (C=O) groups is 4. The minimum atomic E-state index is -0.799. The quantitative estimate of drug-likeness (QED) is 0.268. The molecule has 10 heteroatoms. The molecule has 6 N–H and O–H groups in total. The molecule has 0 saturated carbocycles. The van der Waals surface area contributed by atoms with E-state index in [0.717, 1.165) is 12.2 Å². The van der Waals surface area contributed by atoms with Crippen molar-refractivity contribution in [3.8, 4) is 11.5 Å². The van der Waals surface area contributed by atoms with Gasteiger partial charge in [-0.15, -0.1) is 0 Å². The molecule has 160 valence electrons. The van der Waals surface area contributed by atoms with E-state index in [-0.39, 0.29) is 11.5 Å². The Morgan fingerprint density at radius 3 is 1.47 bits per heavy atom. The maximum Gasteiger partial charge on any atom is 0.336 e. The molecule has 32 heavy (non-hydrogen) atoms. The number of carbonyl (C=O) groups excluding carboxylic acids is 4. The van der Waals surface area contributed by atoms with E-state index >= 15 is 0 Å².